The Morgan fingerprint density at radius 3 is 0.810 bits per heavy atom. The van der Waals surface area contributed by atoms with E-state index in [9.17, 15) is 0 Å². The summed E-state index contributed by atoms with van der Waals surface area (Å²) < 4.78 is 23.8. The van der Waals surface area contributed by atoms with Crippen LogP contribution in [0.2, 0.25) is 0 Å². The lowest BCUT2D eigenvalue weighted by molar-refractivity contribution is 0.00578. The summed E-state index contributed by atoms with van der Waals surface area (Å²) in [7, 11) is -0.952. The van der Waals surface area contributed by atoms with Gasteiger partial charge in [0.25, 0.3) is 0 Å². The Bertz CT molecular complexity index is 301. The van der Waals surface area contributed by atoms with Gasteiger partial charge in [0.2, 0.25) is 0 Å². The molecule has 2 heterocycles. The van der Waals surface area contributed by atoms with Gasteiger partial charge in [0, 0.05) is 0 Å². The van der Waals surface area contributed by atoms with Crippen molar-refractivity contribution in [1.82, 2.24) is 0 Å². The predicted octanol–water partition coefficient (Wildman–Crippen LogP) is 3.67. The molecule has 0 aromatic carbocycles. The van der Waals surface area contributed by atoms with E-state index >= 15 is 0 Å². The van der Waals surface area contributed by atoms with Crippen molar-refractivity contribution in [2.45, 2.75) is 98.1 Å². The van der Waals surface area contributed by atoms with Gasteiger partial charge >= 0.3 is 14.0 Å². The summed E-state index contributed by atoms with van der Waals surface area (Å²) in [6.45, 7) is 20.5. The quantitative estimate of drug-likeness (QED) is 0.692. The molecule has 21 heavy (non-hydrogen) atoms. The molecule has 4 nitrogen and oxygen atoms in total. The molecule has 122 valence electrons. The zero-order chi connectivity index (χ0) is 16.7. The van der Waals surface area contributed by atoms with Gasteiger partial charge in [-0.3, -0.25) is 0 Å². The first-order valence-corrected chi connectivity index (χ1v) is 8.01. The van der Waals surface area contributed by atoms with Gasteiger partial charge in [0.1, 0.15) is 0 Å². The molecule has 0 amide bonds. The summed E-state index contributed by atoms with van der Waals surface area (Å²) in [5, 5.41) is 0. The van der Waals surface area contributed by atoms with Crippen LogP contribution in [0.25, 0.3) is 0 Å². The zero-order valence-corrected chi connectivity index (χ0v) is 15.5. The Hall–Kier alpha value is -0.0301. The molecular weight excluding hydrogens is 266 g/mol. The van der Waals surface area contributed by atoms with Gasteiger partial charge in [-0.15, -0.1) is 0 Å². The lowest BCUT2D eigenvalue weighted by atomic mass is 9.49. The van der Waals surface area contributed by atoms with Crippen LogP contribution < -0.4 is 0 Å². The third-order valence-electron chi connectivity index (χ3n) is 4.77. The van der Waals surface area contributed by atoms with Crippen LogP contribution in [0, 0.1) is 0 Å². The van der Waals surface area contributed by atoms with Crippen molar-refractivity contribution in [3.8, 4) is 0 Å². The highest BCUT2D eigenvalue weighted by molar-refractivity contribution is 7.11. The minimum absolute atomic E-state index is 0.360. The van der Waals surface area contributed by atoms with E-state index in [1.54, 1.807) is 0 Å². The van der Waals surface area contributed by atoms with E-state index in [-0.39, 0.29) is 22.4 Å². The van der Waals surface area contributed by atoms with E-state index in [2.05, 4.69) is 13.8 Å². The second kappa shape index (κ2) is 5.88. The fraction of sp³-hybridized carbons (Fsp3) is 1.00. The minimum Gasteiger partial charge on any atom is -0.405 e. The SMILES string of the molecule is CC1(C)OB(B2OC(C)(C)C(C)(C)O2)OC1(C)C.CCC. The van der Waals surface area contributed by atoms with E-state index in [1.807, 2.05) is 55.4 Å². The number of hydrogen-bond acceptors (Lipinski definition) is 4. The van der Waals surface area contributed by atoms with Gasteiger partial charge < -0.3 is 18.6 Å². The lowest BCUT2D eigenvalue weighted by Gasteiger charge is -2.32. The minimum atomic E-state index is -0.476. The standard InChI is InChI=1S/C12H24B2O4.C3H8/c1-9(2)10(3,4)16-13(15-9)14-17-11(5,6)12(7,8)18-14;1-3-2/h1-8H3;3H2,1-2H3. The van der Waals surface area contributed by atoms with Gasteiger partial charge in [-0.1, -0.05) is 20.3 Å². The monoisotopic (exact) mass is 298 g/mol. The largest absolute Gasteiger partial charge is 0.488 e. The third kappa shape index (κ3) is 3.66. The van der Waals surface area contributed by atoms with Gasteiger partial charge in [-0.05, 0) is 55.4 Å². The van der Waals surface area contributed by atoms with Crippen LogP contribution in [0.4, 0.5) is 0 Å². The van der Waals surface area contributed by atoms with Gasteiger partial charge in [-0.2, -0.15) is 0 Å². The van der Waals surface area contributed by atoms with Crippen molar-refractivity contribution in [3.63, 3.8) is 0 Å². The molecule has 0 saturated carbocycles. The molecule has 2 saturated heterocycles. The summed E-state index contributed by atoms with van der Waals surface area (Å²) in [4.78, 5) is 0. The Morgan fingerprint density at radius 1 is 0.524 bits per heavy atom. The van der Waals surface area contributed by atoms with Crippen LogP contribution in [-0.4, -0.2) is 36.4 Å². The van der Waals surface area contributed by atoms with Crippen LogP contribution in [0.5, 0.6) is 0 Å². The first-order chi connectivity index (χ1) is 9.29. The summed E-state index contributed by atoms with van der Waals surface area (Å²) in [6.07, 6.45) is 1.25. The van der Waals surface area contributed by atoms with Crippen molar-refractivity contribution in [2.24, 2.45) is 0 Å². The van der Waals surface area contributed by atoms with E-state index < -0.39 is 14.0 Å². The molecule has 2 aliphatic rings. The van der Waals surface area contributed by atoms with Crippen LogP contribution in [0.1, 0.15) is 75.7 Å². The molecule has 0 aromatic rings. The smallest absolute Gasteiger partial charge is 0.405 e. The van der Waals surface area contributed by atoms with E-state index in [1.165, 1.54) is 6.42 Å². The van der Waals surface area contributed by atoms with Gasteiger partial charge in [0.05, 0.1) is 22.4 Å². The lowest BCUT2D eigenvalue weighted by Crippen LogP contribution is -2.41. The van der Waals surface area contributed by atoms with Crippen LogP contribution >= 0.6 is 0 Å². The number of rotatable bonds is 1. The van der Waals surface area contributed by atoms with Crippen molar-refractivity contribution in [2.75, 3.05) is 0 Å². The number of hydrogen-bond donors (Lipinski definition) is 0. The van der Waals surface area contributed by atoms with Gasteiger partial charge in [0.15, 0.2) is 0 Å². The average Bonchev–Trinajstić information content (AvgIpc) is 2.59. The maximum atomic E-state index is 5.96. The molecule has 0 atom stereocenters. The molecule has 2 fully saturated rings. The fourth-order valence-corrected chi connectivity index (χ4v) is 2.00. The first kappa shape index (κ1) is 19.0. The van der Waals surface area contributed by atoms with Crippen molar-refractivity contribution in [1.29, 1.82) is 0 Å². The summed E-state index contributed by atoms with van der Waals surface area (Å²) in [6, 6.07) is 0. The van der Waals surface area contributed by atoms with Crippen LogP contribution in [-0.2, 0) is 18.6 Å². The predicted molar refractivity (Wildman–Crippen MR) is 88.1 cm³/mol. The van der Waals surface area contributed by atoms with Crippen molar-refractivity contribution in [3.05, 3.63) is 0 Å². The summed E-state index contributed by atoms with van der Waals surface area (Å²) in [5.74, 6) is 0. The third-order valence-corrected chi connectivity index (χ3v) is 4.77. The zero-order valence-electron chi connectivity index (χ0n) is 15.5. The Labute approximate surface area is 131 Å². The van der Waals surface area contributed by atoms with Gasteiger partial charge in [-0.25, -0.2) is 0 Å². The summed E-state index contributed by atoms with van der Waals surface area (Å²) in [5.41, 5.74) is -1.44. The molecule has 0 unspecified atom stereocenters. The first-order valence-electron chi connectivity index (χ1n) is 8.01. The molecule has 2 rings (SSSR count). The molecule has 6 heteroatoms. The molecule has 0 bridgehead atoms. The fourth-order valence-electron chi connectivity index (χ4n) is 2.00. The average molecular weight is 298 g/mol. The molecule has 0 spiro atoms. The highest BCUT2D eigenvalue weighted by Gasteiger charge is 2.63. The highest BCUT2D eigenvalue weighted by Crippen LogP contribution is 2.42. The second-order valence-electron chi connectivity index (χ2n) is 7.96. The molecule has 0 N–H and O–H groups in total. The molecule has 0 aliphatic carbocycles. The van der Waals surface area contributed by atoms with Crippen molar-refractivity contribution >= 4 is 14.0 Å². The highest BCUT2D eigenvalue weighted by atomic mass is 16.7. The van der Waals surface area contributed by atoms with E-state index in [0.29, 0.717) is 0 Å². The molecular formula is C15H32B2O4. The second-order valence-corrected chi connectivity index (χ2v) is 7.96. The maximum Gasteiger partial charge on any atom is 0.488 e. The Kier molecular flexibility index (Phi) is 5.32. The van der Waals surface area contributed by atoms with Crippen LogP contribution in [0.15, 0.2) is 0 Å². The molecule has 0 aromatic heterocycles. The normalized spacial score (nSPS) is 28.3. The molecule has 2 aliphatic heterocycles. The van der Waals surface area contributed by atoms with E-state index in [4.69, 9.17) is 18.6 Å². The van der Waals surface area contributed by atoms with E-state index in [0.717, 1.165) is 0 Å². The van der Waals surface area contributed by atoms with Crippen LogP contribution in [0.3, 0.4) is 0 Å². The maximum absolute atomic E-state index is 5.96. The molecule has 0 radical (unpaired) electrons. The Balaban J connectivity index is 0.000000677. The Morgan fingerprint density at radius 2 is 0.667 bits per heavy atom. The topological polar surface area (TPSA) is 36.9 Å². The van der Waals surface area contributed by atoms with Crippen molar-refractivity contribution < 1.29 is 18.6 Å². The summed E-state index contributed by atoms with van der Waals surface area (Å²) >= 11 is 0.